The minimum Gasteiger partial charge on any atom is -0.353 e. The quantitative estimate of drug-likeness (QED) is 0.566. The van der Waals surface area contributed by atoms with Gasteiger partial charge in [-0.2, -0.15) is 0 Å². The minimum absolute atomic E-state index is 0.0699. The van der Waals surface area contributed by atoms with Crippen molar-refractivity contribution in [3.8, 4) is 0 Å². The topological polar surface area (TPSA) is 69.7 Å². The number of carbonyl (C=O) groups is 3. The van der Waals surface area contributed by atoms with Crippen LogP contribution in [0.3, 0.4) is 0 Å². The molecule has 2 aliphatic heterocycles. The molecular formula is C23H31N3O3. The molecule has 0 bridgehead atoms. The Morgan fingerprint density at radius 1 is 1.00 bits per heavy atom. The van der Waals surface area contributed by atoms with E-state index in [1.54, 1.807) is 4.90 Å². The fraction of sp³-hybridized carbons (Fsp3) is 0.609. The Labute approximate surface area is 172 Å². The molecule has 3 aliphatic rings. The molecule has 1 aromatic carbocycles. The lowest BCUT2D eigenvalue weighted by Crippen LogP contribution is -2.39. The number of nitrogens with zero attached hydrogens (tertiary/aromatic N) is 2. The number of nitrogens with one attached hydrogen (secondary N) is 1. The van der Waals surface area contributed by atoms with Crippen LogP contribution >= 0.6 is 0 Å². The molecule has 1 saturated heterocycles. The molecule has 0 spiro atoms. The van der Waals surface area contributed by atoms with Gasteiger partial charge >= 0.3 is 6.03 Å². The number of imide groups is 1. The molecule has 0 unspecified atom stereocenters. The van der Waals surface area contributed by atoms with Crippen molar-refractivity contribution >= 4 is 17.8 Å². The largest absolute Gasteiger partial charge is 0.353 e. The van der Waals surface area contributed by atoms with E-state index in [0.717, 1.165) is 37.7 Å². The maximum Gasteiger partial charge on any atom is 0.327 e. The van der Waals surface area contributed by atoms with Gasteiger partial charge in [-0.1, -0.05) is 49.9 Å². The van der Waals surface area contributed by atoms with Gasteiger partial charge in [-0.25, -0.2) is 4.79 Å². The Morgan fingerprint density at radius 2 is 1.76 bits per heavy atom. The van der Waals surface area contributed by atoms with Crippen molar-refractivity contribution < 1.29 is 14.4 Å². The predicted molar refractivity (Wildman–Crippen MR) is 110 cm³/mol. The van der Waals surface area contributed by atoms with Gasteiger partial charge in [0.2, 0.25) is 5.91 Å². The summed E-state index contributed by atoms with van der Waals surface area (Å²) in [4.78, 5) is 40.7. The smallest absolute Gasteiger partial charge is 0.327 e. The molecule has 6 nitrogen and oxygen atoms in total. The van der Waals surface area contributed by atoms with Gasteiger partial charge < -0.3 is 10.2 Å². The zero-order valence-corrected chi connectivity index (χ0v) is 17.1. The molecule has 1 aliphatic carbocycles. The van der Waals surface area contributed by atoms with Crippen LogP contribution in [0.5, 0.6) is 0 Å². The minimum atomic E-state index is -0.348. The highest BCUT2D eigenvalue weighted by atomic mass is 16.2. The first-order valence-electron chi connectivity index (χ1n) is 11.1. The third kappa shape index (κ3) is 4.46. The Morgan fingerprint density at radius 3 is 2.55 bits per heavy atom. The van der Waals surface area contributed by atoms with Gasteiger partial charge in [0.15, 0.2) is 0 Å². The van der Waals surface area contributed by atoms with Crippen LogP contribution in [-0.4, -0.2) is 46.3 Å². The molecule has 156 valence electrons. The van der Waals surface area contributed by atoms with Crippen molar-refractivity contribution in [2.75, 3.05) is 6.54 Å². The molecule has 2 fully saturated rings. The first kappa shape index (κ1) is 19.9. The maximum absolute atomic E-state index is 12.8. The third-order valence-electron chi connectivity index (χ3n) is 6.53. The molecule has 29 heavy (non-hydrogen) atoms. The van der Waals surface area contributed by atoms with Gasteiger partial charge in [-0.15, -0.1) is 0 Å². The van der Waals surface area contributed by atoms with E-state index >= 15 is 0 Å². The molecule has 2 heterocycles. The Balaban J connectivity index is 1.19. The third-order valence-corrected chi connectivity index (χ3v) is 6.53. The highest BCUT2D eigenvalue weighted by molar-refractivity contribution is 6.04. The summed E-state index contributed by atoms with van der Waals surface area (Å²) in [7, 11) is 0. The second kappa shape index (κ2) is 8.97. The van der Waals surface area contributed by atoms with Crippen molar-refractivity contribution in [1.29, 1.82) is 0 Å². The van der Waals surface area contributed by atoms with Crippen molar-refractivity contribution in [3.63, 3.8) is 0 Å². The first-order chi connectivity index (χ1) is 14.1. The summed E-state index contributed by atoms with van der Waals surface area (Å²) in [6, 6.07) is 7.89. The molecule has 4 rings (SSSR count). The molecule has 1 saturated carbocycles. The van der Waals surface area contributed by atoms with Crippen LogP contribution in [0.1, 0.15) is 68.9 Å². The molecule has 4 amide bonds. The monoisotopic (exact) mass is 397 g/mol. The molecule has 1 N–H and O–H groups in total. The molecule has 1 aromatic rings. The Kier molecular flexibility index (Phi) is 6.16. The van der Waals surface area contributed by atoms with E-state index in [2.05, 4.69) is 5.32 Å². The first-order valence-corrected chi connectivity index (χ1v) is 11.1. The van der Waals surface area contributed by atoms with Crippen LogP contribution in [0.25, 0.3) is 0 Å². The van der Waals surface area contributed by atoms with Crippen LogP contribution < -0.4 is 5.32 Å². The predicted octanol–water partition coefficient (Wildman–Crippen LogP) is 3.38. The highest BCUT2D eigenvalue weighted by Crippen LogP contribution is 2.30. The van der Waals surface area contributed by atoms with Crippen molar-refractivity contribution in [3.05, 3.63) is 35.4 Å². The summed E-state index contributed by atoms with van der Waals surface area (Å²) in [6.45, 7) is 0.967. The Hall–Kier alpha value is -2.37. The fourth-order valence-electron chi connectivity index (χ4n) is 4.86. The zero-order chi connectivity index (χ0) is 20.2. The van der Waals surface area contributed by atoms with Gasteiger partial charge in [0.05, 0.1) is 0 Å². The summed E-state index contributed by atoms with van der Waals surface area (Å²) in [5.74, 6) is 0.0691. The number of benzene rings is 1. The molecule has 0 radical (unpaired) electrons. The maximum atomic E-state index is 12.8. The fourth-order valence-corrected chi connectivity index (χ4v) is 4.86. The van der Waals surface area contributed by atoms with E-state index in [4.69, 9.17) is 0 Å². The number of unbranched alkanes of at least 4 members (excludes halogenated alkanes) is 2. The lowest BCUT2D eigenvalue weighted by molar-refractivity contribution is -0.128. The summed E-state index contributed by atoms with van der Waals surface area (Å²) >= 11 is 0. The lowest BCUT2D eigenvalue weighted by Gasteiger charge is -2.28. The van der Waals surface area contributed by atoms with Gasteiger partial charge in [0.25, 0.3) is 5.91 Å². The van der Waals surface area contributed by atoms with E-state index in [9.17, 15) is 14.4 Å². The average molecular weight is 398 g/mol. The van der Waals surface area contributed by atoms with E-state index in [1.165, 1.54) is 29.7 Å². The summed E-state index contributed by atoms with van der Waals surface area (Å²) in [5, 5.41) is 3.14. The normalized spacial score (nSPS) is 21.9. The van der Waals surface area contributed by atoms with E-state index in [-0.39, 0.29) is 23.9 Å². The van der Waals surface area contributed by atoms with Crippen LogP contribution in [-0.2, 0) is 22.6 Å². The zero-order valence-electron chi connectivity index (χ0n) is 17.1. The molecular weight excluding hydrogens is 366 g/mol. The van der Waals surface area contributed by atoms with Crippen LogP contribution in [0, 0.1) is 0 Å². The number of hydrogen-bond acceptors (Lipinski definition) is 3. The summed E-state index contributed by atoms with van der Waals surface area (Å²) in [5.41, 5.74) is 2.30. The summed E-state index contributed by atoms with van der Waals surface area (Å²) < 4.78 is 0. The summed E-state index contributed by atoms with van der Waals surface area (Å²) in [6.07, 6.45) is 9.46. The van der Waals surface area contributed by atoms with Crippen molar-refractivity contribution in [1.82, 2.24) is 15.1 Å². The molecule has 0 aromatic heterocycles. The lowest BCUT2D eigenvalue weighted by atomic mass is 9.95. The highest BCUT2D eigenvalue weighted by Gasteiger charge is 2.46. The standard InChI is InChI=1S/C23H31N3O3/c27-21(24-19-11-3-1-4-12-19)13-5-2-8-14-25-22(28)20-15-17-9-6-7-10-18(17)16-26(20)23(25)29/h6-7,9-10,19-20H,1-5,8,11-16H2,(H,24,27)/t20-/m0/s1. The van der Waals surface area contributed by atoms with Crippen molar-refractivity contribution in [2.45, 2.75) is 82.8 Å². The SMILES string of the molecule is O=C(CCCCCN1C(=O)[C@@H]2Cc3ccccc3CN2C1=O)NC1CCCCC1. The number of carbonyl (C=O) groups excluding carboxylic acids is 3. The van der Waals surface area contributed by atoms with E-state index in [0.29, 0.717) is 32.0 Å². The van der Waals surface area contributed by atoms with Gasteiger partial charge in [0, 0.05) is 32.0 Å². The molecule has 1 atom stereocenters. The average Bonchev–Trinajstić information content (AvgIpc) is 2.97. The number of fused-ring (bicyclic) bond motifs is 2. The van der Waals surface area contributed by atoms with E-state index in [1.807, 2.05) is 24.3 Å². The Bertz CT molecular complexity index is 729. The van der Waals surface area contributed by atoms with Crippen LogP contribution in [0.2, 0.25) is 0 Å². The van der Waals surface area contributed by atoms with Gasteiger partial charge in [0.1, 0.15) is 6.04 Å². The van der Waals surface area contributed by atoms with Crippen LogP contribution in [0.15, 0.2) is 24.3 Å². The van der Waals surface area contributed by atoms with Gasteiger partial charge in [-0.05, 0) is 36.8 Å². The number of rotatable bonds is 7. The number of hydrogen-bond donors (Lipinski definition) is 1. The van der Waals surface area contributed by atoms with Gasteiger partial charge in [-0.3, -0.25) is 14.5 Å². The van der Waals surface area contributed by atoms with Crippen molar-refractivity contribution in [2.24, 2.45) is 0 Å². The molecule has 6 heteroatoms. The second-order valence-electron chi connectivity index (χ2n) is 8.60. The second-order valence-corrected chi connectivity index (χ2v) is 8.60. The van der Waals surface area contributed by atoms with Crippen LogP contribution in [0.4, 0.5) is 4.79 Å². The van der Waals surface area contributed by atoms with E-state index < -0.39 is 0 Å². The number of amides is 4. The number of urea groups is 1.